The molecule has 0 heterocycles. The SMILES string of the molecule is C.C.CCC(C)(C)c1ccc(OCCc2cc(COC(C)C)c(O)c(COC(C)C)c2)cc1.CCC(C)c1ccc(OCCOc2c(CO)cc(C34CC5CC(CC(C5)C3)C4)cc2CO)cc1.CCC(C)c1ccc(OS(=O)(=O)CCOc2c(CO)cc(C)cc2CO)cc1. The van der Waals surface area contributed by atoms with Crippen molar-refractivity contribution in [2.24, 2.45) is 17.8 Å². The van der Waals surface area contributed by atoms with Crippen LogP contribution in [-0.4, -0.2) is 78.3 Å². The average Bonchev–Trinajstić information content (AvgIpc) is 0.732. The van der Waals surface area contributed by atoms with Gasteiger partial charge in [-0.05, 0) is 221 Å². The summed E-state index contributed by atoms with van der Waals surface area (Å²) in [5.41, 5.74) is 11.6. The molecule has 95 heavy (non-hydrogen) atoms. The van der Waals surface area contributed by atoms with Crippen LogP contribution in [0.15, 0.2) is 109 Å². The molecule has 0 aromatic heterocycles. The fourth-order valence-corrected chi connectivity index (χ4v) is 14.2. The van der Waals surface area contributed by atoms with E-state index in [4.69, 9.17) is 32.6 Å². The Labute approximate surface area is 570 Å². The number of hydrogen-bond donors (Lipinski definition) is 5. The van der Waals surface area contributed by atoms with Crippen LogP contribution in [0.2, 0.25) is 0 Å². The Balaban J connectivity index is 0.000000257. The zero-order valence-corrected chi connectivity index (χ0v) is 58.4. The summed E-state index contributed by atoms with van der Waals surface area (Å²) in [6, 6.07) is 35.5. The zero-order valence-electron chi connectivity index (χ0n) is 57.6. The van der Waals surface area contributed by atoms with Crippen molar-refractivity contribution in [1.29, 1.82) is 0 Å². The molecule has 0 spiro atoms. The molecule has 0 aliphatic heterocycles. The third-order valence-electron chi connectivity index (χ3n) is 19.1. The van der Waals surface area contributed by atoms with Crippen molar-refractivity contribution in [3.8, 4) is 34.5 Å². The third-order valence-corrected chi connectivity index (χ3v) is 20.3. The third kappa shape index (κ3) is 22.7. The van der Waals surface area contributed by atoms with E-state index in [1.807, 2.05) is 83.1 Å². The first kappa shape index (κ1) is 79.5. The lowest BCUT2D eigenvalue weighted by Crippen LogP contribution is -2.48. The lowest BCUT2D eigenvalue weighted by molar-refractivity contribution is -0.00535. The number of ether oxygens (including phenoxy) is 6. The summed E-state index contributed by atoms with van der Waals surface area (Å²) in [6.07, 6.45) is 12.2. The van der Waals surface area contributed by atoms with Crippen LogP contribution in [0.25, 0.3) is 0 Å². The van der Waals surface area contributed by atoms with Gasteiger partial charge >= 0.3 is 10.1 Å². The van der Waals surface area contributed by atoms with E-state index in [9.17, 15) is 34.0 Å². The van der Waals surface area contributed by atoms with Gasteiger partial charge < -0.3 is 58.1 Å². The standard InChI is InChI=1S/C30H40O4.C27H40O4.C21H28O6S.2CH4/c1-3-20(2)24-4-6-28(7-5-24)33-8-9-34-29-25(18-31)13-27(14-26(29)19-32)30-15-21-10-22(16-30)12-23(11-21)17-30;1-8-27(6,7)24-9-11-25(12-10-24)29-14-13-21-15-22(17-30-19(2)3)26(28)23(16-21)18-31-20(4)5;1-4-16(3)17-5-7-20(8-6-17)27-28(24,25)10-9-26-21-18(13-22)11-15(2)12-19(21)14-23;;/h4-7,13-14,20-23,31-32H,3,8-12,15-19H2,1-2H3;9-12,15-16,19-20,28H,8,13-14,17-18H2,1-7H3;5-8,11-12,16,22-23H,4,9-10,13-14H2,1-3H3;2*1H4. The summed E-state index contributed by atoms with van der Waals surface area (Å²) in [4.78, 5) is 0. The minimum Gasteiger partial charge on any atom is -0.507 e. The van der Waals surface area contributed by atoms with Gasteiger partial charge in [0.25, 0.3) is 0 Å². The second-order valence-corrected chi connectivity index (χ2v) is 29.0. The monoisotopic (exact) mass is 1330 g/mol. The topological polar surface area (TPSA) is 200 Å². The van der Waals surface area contributed by atoms with E-state index in [1.165, 1.54) is 55.2 Å². The van der Waals surface area contributed by atoms with Crippen molar-refractivity contribution in [3.05, 3.63) is 176 Å². The molecule has 2 atom stereocenters. The van der Waals surface area contributed by atoms with Gasteiger partial charge in [0.05, 0.1) is 58.5 Å². The van der Waals surface area contributed by atoms with Crippen LogP contribution in [0.5, 0.6) is 34.5 Å². The molecule has 15 heteroatoms. The second kappa shape index (κ2) is 37.5. The maximum Gasteiger partial charge on any atom is 0.312 e. The van der Waals surface area contributed by atoms with Crippen molar-refractivity contribution in [3.63, 3.8) is 0 Å². The molecule has 4 bridgehead atoms. The highest BCUT2D eigenvalue weighted by Crippen LogP contribution is 2.61. The molecule has 4 saturated carbocycles. The van der Waals surface area contributed by atoms with Gasteiger partial charge in [-0.25, -0.2) is 0 Å². The largest absolute Gasteiger partial charge is 0.507 e. The highest BCUT2D eigenvalue weighted by atomic mass is 32.2. The van der Waals surface area contributed by atoms with E-state index in [1.54, 1.807) is 24.3 Å². The van der Waals surface area contributed by atoms with Crippen molar-refractivity contribution in [2.45, 2.75) is 237 Å². The van der Waals surface area contributed by atoms with E-state index in [0.29, 0.717) is 67.5 Å². The van der Waals surface area contributed by atoms with Crippen molar-refractivity contribution in [1.82, 2.24) is 0 Å². The fourth-order valence-electron chi connectivity index (χ4n) is 13.4. The maximum atomic E-state index is 12.2. The first-order valence-electron chi connectivity index (χ1n) is 34.0. The first-order valence-corrected chi connectivity index (χ1v) is 35.5. The first-order chi connectivity index (χ1) is 44.4. The van der Waals surface area contributed by atoms with Crippen molar-refractivity contribution >= 4 is 10.1 Å². The van der Waals surface area contributed by atoms with E-state index in [0.717, 1.165) is 93.9 Å². The summed E-state index contributed by atoms with van der Waals surface area (Å²) < 4.78 is 64.6. The summed E-state index contributed by atoms with van der Waals surface area (Å²) in [6.45, 7) is 26.4. The minimum atomic E-state index is -3.84. The zero-order chi connectivity index (χ0) is 67.5. The Morgan fingerprint density at radius 1 is 0.526 bits per heavy atom. The molecule has 10 rings (SSSR count). The van der Waals surface area contributed by atoms with Crippen LogP contribution in [0.4, 0.5) is 0 Å². The number of hydrogen-bond acceptors (Lipinski definition) is 14. The molecule has 5 N–H and O–H groups in total. The van der Waals surface area contributed by atoms with Gasteiger partial charge in [-0.3, -0.25) is 0 Å². The van der Waals surface area contributed by atoms with Crippen LogP contribution in [-0.2, 0) is 76.5 Å². The number of phenols is 1. The molecule has 4 aliphatic rings. The molecule has 4 fully saturated rings. The molecule has 2 unspecified atom stereocenters. The number of rotatable bonds is 32. The normalized spacial score (nSPS) is 17.7. The second-order valence-electron chi connectivity index (χ2n) is 27.4. The molecular formula is C80H116O14S. The van der Waals surface area contributed by atoms with Gasteiger partial charge in [-0.1, -0.05) is 117 Å². The van der Waals surface area contributed by atoms with Gasteiger partial charge in [0.1, 0.15) is 60.1 Å². The Kier molecular flexibility index (Phi) is 31.4. The van der Waals surface area contributed by atoms with E-state index in [2.05, 4.69) is 84.9 Å². The molecule has 14 nitrogen and oxygen atoms in total. The van der Waals surface area contributed by atoms with E-state index >= 15 is 0 Å². The van der Waals surface area contributed by atoms with Gasteiger partial charge in [0, 0.05) is 39.8 Å². The predicted octanol–water partition coefficient (Wildman–Crippen LogP) is 17.2. The van der Waals surface area contributed by atoms with Crippen molar-refractivity contribution in [2.75, 3.05) is 32.2 Å². The van der Waals surface area contributed by atoms with E-state index in [-0.39, 0.29) is 88.2 Å². The smallest absolute Gasteiger partial charge is 0.312 e. The minimum absolute atomic E-state index is 0. The lowest BCUT2D eigenvalue weighted by atomic mass is 9.48. The highest BCUT2D eigenvalue weighted by molar-refractivity contribution is 7.87. The number of aromatic hydroxyl groups is 1. The lowest BCUT2D eigenvalue weighted by Gasteiger charge is -2.57. The van der Waals surface area contributed by atoms with Crippen LogP contribution in [0.3, 0.4) is 0 Å². The Morgan fingerprint density at radius 2 is 0.926 bits per heavy atom. The van der Waals surface area contributed by atoms with Gasteiger partial charge in [0.2, 0.25) is 0 Å². The van der Waals surface area contributed by atoms with E-state index < -0.39 is 10.1 Å². The molecule has 0 radical (unpaired) electrons. The Hall–Kier alpha value is -6.17. The molecule has 6 aromatic carbocycles. The van der Waals surface area contributed by atoms with Crippen LogP contribution in [0.1, 0.15) is 227 Å². The molecule has 4 aliphatic carbocycles. The van der Waals surface area contributed by atoms with Crippen molar-refractivity contribution < 1.29 is 66.6 Å². The number of phenolic OH excluding ortho intramolecular Hbond substituents is 1. The fraction of sp³-hybridized carbons (Fsp3) is 0.550. The summed E-state index contributed by atoms with van der Waals surface area (Å²) in [7, 11) is -3.84. The van der Waals surface area contributed by atoms with Gasteiger partial charge in [-0.2, -0.15) is 8.42 Å². The maximum absolute atomic E-state index is 12.2. The molecule has 6 aromatic rings. The van der Waals surface area contributed by atoms with Gasteiger partial charge in [0.15, 0.2) is 0 Å². The van der Waals surface area contributed by atoms with Crippen LogP contribution < -0.4 is 23.1 Å². The molecular weight excluding hydrogens is 1220 g/mol. The molecule has 0 saturated heterocycles. The Bertz CT molecular complexity index is 3260. The van der Waals surface area contributed by atoms with Crippen LogP contribution in [0, 0.1) is 24.7 Å². The number of aliphatic hydroxyl groups excluding tert-OH is 4. The average molecular weight is 1330 g/mol. The predicted molar refractivity (Wildman–Crippen MR) is 383 cm³/mol. The summed E-state index contributed by atoms with van der Waals surface area (Å²) in [5.74, 6) is 6.31. The summed E-state index contributed by atoms with van der Waals surface area (Å²) in [5, 5.41) is 50.0. The number of aryl methyl sites for hydroxylation is 1. The highest BCUT2D eigenvalue weighted by Gasteiger charge is 2.52. The quantitative estimate of drug-likeness (QED) is 0.0197. The number of aliphatic hydroxyl groups is 4. The van der Waals surface area contributed by atoms with Gasteiger partial charge in [-0.15, -0.1) is 0 Å². The molecule has 0 amide bonds. The summed E-state index contributed by atoms with van der Waals surface area (Å²) >= 11 is 0. The van der Waals surface area contributed by atoms with Crippen LogP contribution >= 0.6 is 0 Å². The molecule has 526 valence electrons. The number of benzene rings is 6. The Morgan fingerprint density at radius 3 is 1.35 bits per heavy atom.